The predicted octanol–water partition coefficient (Wildman–Crippen LogP) is 1.63. The van der Waals surface area contributed by atoms with Crippen LogP contribution < -0.4 is 10.6 Å². The van der Waals surface area contributed by atoms with Crippen LogP contribution >= 0.6 is 11.3 Å². The lowest BCUT2D eigenvalue weighted by atomic mass is 10.3. The van der Waals surface area contributed by atoms with Gasteiger partial charge in [0.05, 0.1) is 17.9 Å². The molecule has 0 spiro atoms. The van der Waals surface area contributed by atoms with Gasteiger partial charge in [0, 0.05) is 23.7 Å². The Hall–Kier alpha value is -1.40. The Labute approximate surface area is 117 Å². The number of aryl methyl sites for hydroxylation is 2. The van der Waals surface area contributed by atoms with Crippen LogP contribution in [0.15, 0.2) is 6.20 Å². The molecule has 2 aromatic rings. The molecule has 0 saturated carbocycles. The predicted molar refractivity (Wildman–Crippen MR) is 77.5 cm³/mol. The van der Waals surface area contributed by atoms with Gasteiger partial charge in [0.2, 0.25) is 5.91 Å². The summed E-state index contributed by atoms with van der Waals surface area (Å²) < 4.78 is 2.10. The minimum Gasteiger partial charge on any atom is -0.353 e. The number of imidazole rings is 1. The van der Waals surface area contributed by atoms with Crippen molar-refractivity contribution in [2.75, 3.05) is 6.54 Å². The van der Waals surface area contributed by atoms with Crippen LogP contribution in [0.4, 0.5) is 0 Å². The second-order valence-corrected chi connectivity index (χ2v) is 6.18. The first-order valence-electron chi connectivity index (χ1n) is 6.41. The highest BCUT2D eigenvalue weighted by Crippen LogP contribution is 2.20. The topological polar surface area (TPSA) is 58.4 Å². The van der Waals surface area contributed by atoms with Gasteiger partial charge in [-0.15, -0.1) is 11.3 Å². The molecular weight excluding hydrogens is 260 g/mol. The van der Waals surface area contributed by atoms with E-state index < -0.39 is 0 Å². The van der Waals surface area contributed by atoms with Gasteiger partial charge in [-0.05, 0) is 27.7 Å². The molecule has 0 aliphatic heterocycles. The molecule has 2 rings (SSSR count). The molecule has 104 valence electrons. The number of fused-ring (bicyclic) bond motifs is 1. The summed E-state index contributed by atoms with van der Waals surface area (Å²) in [5, 5.41) is 6.02. The second kappa shape index (κ2) is 5.71. The van der Waals surface area contributed by atoms with Gasteiger partial charge in [-0.3, -0.25) is 9.20 Å². The van der Waals surface area contributed by atoms with E-state index >= 15 is 0 Å². The SMILES string of the molecule is Cc1cn2c(CNCC(=O)NC(C)C)c(C)nc2s1. The average Bonchev–Trinajstić information content (AvgIpc) is 2.75. The number of carbonyl (C=O) groups excluding carboxylic acids is 1. The number of amides is 1. The number of hydrogen-bond donors (Lipinski definition) is 2. The number of carbonyl (C=O) groups is 1. The van der Waals surface area contributed by atoms with Crippen LogP contribution in [-0.4, -0.2) is 27.9 Å². The maximum absolute atomic E-state index is 11.5. The molecule has 0 radical (unpaired) electrons. The standard InChI is InChI=1S/C13H20N4OS/c1-8(2)15-12(18)6-14-5-11-10(4)16-13-17(11)7-9(3)19-13/h7-8,14H,5-6H2,1-4H3,(H,15,18). The van der Waals surface area contributed by atoms with Crippen molar-refractivity contribution in [2.45, 2.75) is 40.3 Å². The smallest absolute Gasteiger partial charge is 0.234 e. The maximum atomic E-state index is 11.5. The zero-order chi connectivity index (χ0) is 14.0. The Morgan fingerprint density at radius 3 is 2.89 bits per heavy atom. The Bertz CT molecular complexity index is 585. The van der Waals surface area contributed by atoms with Gasteiger partial charge in [0.25, 0.3) is 0 Å². The zero-order valence-corrected chi connectivity index (χ0v) is 12.6. The Kier molecular flexibility index (Phi) is 4.21. The fourth-order valence-electron chi connectivity index (χ4n) is 1.99. The fourth-order valence-corrected chi connectivity index (χ4v) is 2.88. The highest BCUT2D eigenvalue weighted by atomic mass is 32.1. The minimum absolute atomic E-state index is 0.0231. The molecule has 1 amide bonds. The van der Waals surface area contributed by atoms with Crippen LogP contribution in [0, 0.1) is 13.8 Å². The van der Waals surface area contributed by atoms with E-state index in [1.807, 2.05) is 20.8 Å². The largest absolute Gasteiger partial charge is 0.353 e. The van der Waals surface area contributed by atoms with Gasteiger partial charge in [0.15, 0.2) is 4.96 Å². The summed E-state index contributed by atoms with van der Waals surface area (Å²) in [7, 11) is 0. The normalized spacial score (nSPS) is 11.4. The van der Waals surface area contributed by atoms with Crippen LogP contribution in [0.3, 0.4) is 0 Å². The summed E-state index contributed by atoms with van der Waals surface area (Å²) in [4.78, 5) is 18.3. The molecule has 0 aliphatic carbocycles. The zero-order valence-electron chi connectivity index (χ0n) is 11.8. The van der Waals surface area contributed by atoms with Crippen LogP contribution in [-0.2, 0) is 11.3 Å². The molecule has 0 unspecified atom stereocenters. The Balaban J connectivity index is 1.97. The third-order valence-corrected chi connectivity index (χ3v) is 3.67. The monoisotopic (exact) mass is 280 g/mol. The van der Waals surface area contributed by atoms with E-state index in [1.165, 1.54) is 4.88 Å². The molecule has 0 aliphatic rings. The number of thiazole rings is 1. The minimum atomic E-state index is 0.0231. The molecule has 6 heteroatoms. The van der Waals surface area contributed by atoms with Crippen LogP contribution in [0.5, 0.6) is 0 Å². The maximum Gasteiger partial charge on any atom is 0.234 e. The molecule has 0 atom stereocenters. The first-order valence-corrected chi connectivity index (χ1v) is 7.23. The Morgan fingerprint density at radius 2 is 2.21 bits per heavy atom. The lowest BCUT2D eigenvalue weighted by Gasteiger charge is -2.09. The molecule has 0 saturated heterocycles. The summed E-state index contributed by atoms with van der Waals surface area (Å²) in [6.07, 6.45) is 2.09. The summed E-state index contributed by atoms with van der Waals surface area (Å²) in [6, 6.07) is 0.178. The van der Waals surface area contributed by atoms with E-state index in [4.69, 9.17) is 0 Å². The van der Waals surface area contributed by atoms with Crippen molar-refractivity contribution in [1.29, 1.82) is 0 Å². The van der Waals surface area contributed by atoms with Crippen molar-refractivity contribution in [3.8, 4) is 0 Å². The van der Waals surface area contributed by atoms with Gasteiger partial charge < -0.3 is 10.6 Å². The summed E-state index contributed by atoms with van der Waals surface area (Å²) in [5.74, 6) is 0.0231. The van der Waals surface area contributed by atoms with Gasteiger partial charge in [-0.2, -0.15) is 0 Å². The van der Waals surface area contributed by atoms with Crippen LogP contribution in [0.2, 0.25) is 0 Å². The van der Waals surface area contributed by atoms with E-state index in [-0.39, 0.29) is 11.9 Å². The molecule has 2 N–H and O–H groups in total. The van der Waals surface area contributed by atoms with Crippen molar-refractivity contribution < 1.29 is 4.79 Å². The van der Waals surface area contributed by atoms with Crippen molar-refractivity contribution >= 4 is 22.2 Å². The lowest BCUT2D eigenvalue weighted by Crippen LogP contribution is -2.37. The van der Waals surface area contributed by atoms with E-state index in [9.17, 15) is 4.79 Å². The molecule has 2 aromatic heterocycles. The average molecular weight is 280 g/mol. The van der Waals surface area contributed by atoms with Gasteiger partial charge in [-0.25, -0.2) is 4.98 Å². The molecule has 19 heavy (non-hydrogen) atoms. The van der Waals surface area contributed by atoms with Crippen molar-refractivity contribution in [3.05, 3.63) is 22.5 Å². The summed E-state index contributed by atoms with van der Waals surface area (Å²) in [6.45, 7) is 8.96. The molecule has 0 fully saturated rings. The van der Waals surface area contributed by atoms with Gasteiger partial charge in [0.1, 0.15) is 0 Å². The van der Waals surface area contributed by atoms with Gasteiger partial charge in [-0.1, -0.05) is 0 Å². The Morgan fingerprint density at radius 1 is 1.47 bits per heavy atom. The highest BCUT2D eigenvalue weighted by Gasteiger charge is 2.11. The molecule has 5 nitrogen and oxygen atoms in total. The molecule has 0 aromatic carbocycles. The molecule has 2 heterocycles. The highest BCUT2D eigenvalue weighted by molar-refractivity contribution is 7.17. The van der Waals surface area contributed by atoms with E-state index in [1.54, 1.807) is 11.3 Å². The fraction of sp³-hybridized carbons (Fsp3) is 0.538. The number of aromatic nitrogens is 2. The van der Waals surface area contributed by atoms with Crippen LogP contribution in [0.25, 0.3) is 4.96 Å². The van der Waals surface area contributed by atoms with Crippen molar-refractivity contribution in [1.82, 2.24) is 20.0 Å². The van der Waals surface area contributed by atoms with Crippen molar-refractivity contribution in [2.24, 2.45) is 0 Å². The second-order valence-electron chi connectivity index (χ2n) is 4.96. The third-order valence-electron chi connectivity index (χ3n) is 2.77. The van der Waals surface area contributed by atoms with E-state index in [0.29, 0.717) is 13.1 Å². The van der Waals surface area contributed by atoms with Crippen LogP contribution in [0.1, 0.15) is 30.1 Å². The summed E-state index contributed by atoms with van der Waals surface area (Å²) in [5.41, 5.74) is 2.14. The quantitative estimate of drug-likeness (QED) is 0.875. The number of hydrogen-bond acceptors (Lipinski definition) is 4. The summed E-state index contributed by atoms with van der Waals surface area (Å²) >= 11 is 1.68. The van der Waals surface area contributed by atoms with Gasteiger partial charge >= 0.3 is 0 Å². The molecular formula is C13H20N4OS. The van der Waals surface area contributed by atoms with E-state index in [2.05, 4.69) is 33.1 Å². The van der Waals surface area contributed by atoms with Crippen molar-refractivity contribution in [3.63, 3.8) is 0 Å². The van der Waals surface area contributed by atoms with E-state index in [0.717, 1.165) is 16.3 Å². The third kappa shape index (κ3) is 3.33. The number of rotatable bonds is 5. The lowest BCUT2D eigenvalue weighted by molar-refractivity contribution is -0.120. The number of nitrogens with zero attached hydrogens (tertiary/aromatic N) is 2. The number of nitrogens with one attached hydrogen (secondary N) is 2. The first-order chi connectivity index (χ1) is 8.97. The first kappa shape index (κ1) is 14.0. The molecule has 0 bridgehead atoms.